The van der Waals surface area contributed by atoms with Crippen LogP contribution in [0.5, 0.6) is 0 Å². The Morgan fingerprint density at radius 3 is 2.39 bits per heavy atom. The van der Waals surface area contributed by atoms with Gasteiger partial charge in [-0.25, -0.2) is 8.78 Å². The summed E-state index contributed by atoms with van der Waals surface area (Å²) in [7, 11) is 0.129. The zero-order valence-electron chi connectivity index (χ0n) is 21.4. The van der Waals surface area contributed by atoms with E-state index in [0.29, 0.717) is 4.90 Å². The molecule has 0 aliphatic carbocycles. The van der Waals surface area contributed by atoms with Gasteiger partial charge in [-0.1, -0.05) is 44.2 Å². The largest absolute Gasteiger partial charge is 0.391 e. The summed E-state index contributed by atoms with van der Waals surface area (Å²) in [6, 6.07) is 11.0. The lowest BCUT2D eigenvalue weighted by Gasteiger charge is -2.24. The summed E-state index contributed by atoms with van der Waals surface area (Å²) in [6.45, 7) is 5.27. The van der Waals surface area contributed by atoms with E-state index in [1.54, 1.807) is 30.3 Å². The summed E-state index contributed by atoms with van der Waals surface area (Å²) in [5, 5.41) is 8.63. The first-order chi connectivity index (χ1) is 17.1. The van der Waals surface area contributed by atoms with Crippen LogP contribution >= 0.6 is 0 Å². The number of hydrogen-bond acceptors (Lipinski definition) is 6. The molecule has 2 rings (SSSR count). The van der Waals surface area contributed by atoms with Crippen molar-refractivity contribution in [3.8, 4) is 0 Å². The van der Waals surface area contributed by atoms with Gasteiger partial charge in [0.25, 0.3) is 0 Å². The summed E-state index contributed by atoms with van der Waals surface area (Å²) in [5.74, 6) is -1.31. The number of nitrogens with one attached hydrogen (secondary N) is 2. The first-order valence-electron chi connectivity index (χ1n) is 11.3. The highest BCUT2D eigenvalue weighted by molar-refractivity contribution is 7.84. The number of anilines is 1. The van der Waals surface area contributed by atoms with Crippen molar-refractivity contribution in [2.24, 2.45) is 22.4 Å². The topological polar surface area (TPSA) is 158 Å². The number of alkyl halides is 1. The maximum atomic E-state index is 15.4. The Morgan fingerprint density at radius 2 is 1.78 bits per heavy atom. The van der Waals surface area contributed by atoms with Gasteiger partial charge in [0.05, 0.1) is 36.0 Å². The SMILES string of the molecule is CC.CN.CS(=O)c1ccccc1C(C)(F)CNc1cccc(CC(=O)NCCON=C(N)N)c1F. The number of guanidine groups is 1. The van der Waals surface area contributed by atoms with Crippen LogP contribution in [0.4, 0.5) is 14.5 Å². The van der Waals surface area contributed by atoms with Crippen LogP contribution in [0.3, 0.4) is 0 Å². The second kappa shape index (κ2) is 17.2. The Hall–Kier alpha value is -3.25. The van der Waals surface area contributed by atoms with Crippen LogP contribution in [0.2, 0.25) is 0 Å². The monoisotopic (exact) mass is 528 g/mol. The quantitative estimate of drug-likeness (QED) is 0.130. The van der Waals surface area contributed by atoms with E-state index < -0.39 is 28.2 Å². The standard InChI is InChI=1S/C21H27F2N5O3S.C2H6.CH5N/c1-21(23,15-7-3-4-9-17(15)32(2)30)13-27-16-8-5-6-14(19(16)22)12-18(29)26-10-11-31-28-20(24)25;2*1-2/h3-9,27H,10-13H2,1-2H3,(H,26,29)(H4,24,25,28);1-2H3;2H2,1H3. The molecule has 2 aromatic carbocycles. The minimum Gasteiger partial charge on any atom is -0.391 e. The van der Waals surface area contributed by atoms with Gasteiger partial charge in [-0.3, -0.25) is 9.00 Å². The number of rotatable bonds is 11. The lowest BCUT2D eigenvalue weighted by Crippen LogP contribution is -2.30. The molecular weight excluding hydrogens is 490 g/mol. The van der Waals surface area contributed by atoms with E-state index in [1.165, 1.54) is 32.4 Å². The number of hydrogen-bond donors (Lipinski definition) is 5. The van der Waals surface area contributed by atoms with E-state index in [-0.39, 0.29) is 48.9 Å². The molecule has 0 heterocycles. The van der Waals surface area contributed by atoms with Crippen LogP contribution in [0, 0.1) is 5.82 Å². The fourth-order valence-corrected chi connectivity index (χ4v) is 3.81. The third-order valence-corrected chi connectivity index (χ3v) is 5.46. The number of amides is 1. The third kappa shape index (κ3) is 11.0. The molecule has 8 N–H and O–H groups in total. The number of nitrogens with zero attached hydrogens (tertiary/aromatic N) is 1. The van der Waals surface area contributed by atoms with Crippen molar-refractivity contribution < 1.29 is 22.6 Å². The Labute approximate surface area is 214 Å². The van der Waals surface area contributed by atoms with Crippen LogP contribution < -0.4 is 27.8 Å². The lowest BCUT2D eigenvalue weighted by molar-refractivity contribution is -0.120. The van der Waals surface area contributed by atoms with E-state index >= 15 is 4.39 Å². The van der Waals surface area contributed by atoms with Gasteiger partial charge in [0.15, 0.2) is 5.67 Å². The third-order valence-electron chi connectivity index (χ3n) is 4.48. The second-order valence-corrected chi connectivity index (χ2v) is 8.50. The number of carbonyl (C=O) groups excluding carboxylic acids is 1. The molecule has 0 radical (unpaired) electrons. The van der Waals surface area contributed by atoms with Crippen molar-refractivity contribution in [1.29, 1.82) is 0 Å². The molecule has 0 spiro atoms. The molecule has 0 bridgehead atoms. The summed E-state index contributed by atoms with van der Waals surface area (Å²) in [6.07, 6.45) is 1.26. The van der Waals surface area contributed by atoms with E-state index in [1.807, 2.05) is 13.8 Å². The molecular formula is C24H38F2N6O3S. The summed E-state index contributed by atoms with van der Waals surface area (Å²) in [4.78, 5) is 17.2. The molecule has 0 aromatic heterocycles. The molecule has 12 heteroatoms. The molecule has 9 nitrogen and oxygen atoms in total. The lowest BCUT2D eigenvalue weighted by atomic mass is 9.97. The van der Waals surface area contributed by atoms with Crippen molar-refractivity contribution >= 4 is 28.4 Å². The fraction of sp³-hybridized carbons (Fsp3) is 0.417. The van der Waals surface area contributed by atoms with Gasteiger partial charge in [0.2, 0.25) is 11.9 Å². The van der Waals surface area contributed by atoms with Gasteiger partial charge in [0, 0.05) is 16.7 Å². The Balaban J connectivity index is 0.00000291. The Bertz CT molecular complexity index is 1000. The van der Waals surface area contributed by atoms with Crippen LogP contribution in [-0.2, 0) is 32.5 Å². The Kier molecular flexibility index (Phi) is 15.7. The predicted molar refractivity (Wildman–Crippen MR) is 142 cm³/mol. The molecule has 2 unspecified atom stereocenters. The van der Waals surface area contributed by atoms with Gasteiger partial charge in [-0.05, 0) is 36.8 Å². The fourth-order valence-electron chi connectivity index (χ4n) is 2.95. The predicted octanol–water partition coefficient (Wildman–Crippen LogP) is 2.32. The highest BCUT2D eigenvalue weighted by atomic mass is 32.2. The van der Waals surface area contributed by atoms with E-state index in [0.717, 1.165) is 0 Å². The number of benzene rings is 2. The van der Waals surface area contributed by atoms with Crippen LogP contribution in [0.1, 0.15) is 31.9 Å². The van der Waals surface area contributed by atoms with Gasteiger partial charge < -0.3 is 32.7 Å². The zero-order valence-corrected chi connectivity index (χ0v) is 22.3. The van der Waals surface area contributed by atoms with Crippen molar-refractivity contribution in [3.63, 3.8) is 0 Å². The number of halogens is 2. The molecule has 0 aliphatic heterocycles. The minimum absolute atomic E-state index is 0.0484. The zero-order chi connectivity index (χ0) is 27.7. The van der Waals surface area contributed by atoms with Crippen LogP contribution in [-0.4, -0.2) is 49.1 Å². The molecule has 0 saturated heterocycles. The van der Waals surface area contributed by atoms with E-state index in [4.69, 9.17) is 16.3 Å². The number of carbonyl (C=O) groups is 1. The smallest absolute Gasteiger partial charge is 0.228 e. The van der Waals surface area contributed by atoms with Crippen molar-refractivity contribution in [1.82, 2.24) is 5.32 Å². The highest BCUT2D eigenvalue weighted by Gasteiger charge is 2.29. The van der Waals surface area contributed by atoms with Gasteiger partial charge in [-0.15, -0.1) is 0 Å². The Morgan fingerprint density at radius 1 is 1.14 bits per heavy atom. The van der Waals surface area contributed by atoms with Crippen molar-refractivity contribution in [2.45, 2.75) is 37.8 Å². The van der Waals surface area contributed by atoms with Crippen LogP contribution in [0.15, 0.2) is 52.5 Å². The molecule has 2 atom stereocenters. The molecule has 1 amide bonds. The maximum absolute atomic E-state index is 15.4. The van der Waals surface area contributed by atoms with Crippen molar-refractivity contribution in [3.05, 3.63) is 59.4 Å². The normalized spacial score (nSPS) is 12.3. The number of nitrogens with two attached hydrogens (primary N) is 3. The highest BCUT2D eigenvalue weighted by Crippen LogP contribution is 2.31. The van der Waals surface area contributed by atoms with E-state index in [2.05, 4.69) is 21.5 Å². The maximum Gasteiger partial charge on any atom is 0.228 e. The van der Waals surface area contributed by atoms with Gasteiger partial charge in [0.1, 0.15) is 12.4 Å². The van der Waals surface area contributed by atoms with Crippen molar-refractivity contribution in [2.75, 3.05) is 38.3 Å². The first kappa shape index (κ1) is 32.8. The minimum atomic E-state index is -1.91. The van der Waals surface area contributed by atoms with Crippen LogP contribution in [0.25, 0.3) is 0 Å². The summed E-state index contributed by atoms with van der Waals surface area (Å²) < 4.78 is 42.2. The molecule has 202 valence electrons. The van der Waals surface area contributed by atoms with E-state index in [9.17, 15) is 13.4 Å². The van der Waals surface area contributed by atoms with Gasteiger partial charge >= 0.3 is 0 Å². The van der Waals surface area contributed by atoms with Gasteiger partial charge in [-0.2, -0.15) is 0 Å². The average Bonchev–Trinajstić information content (AvgIpc) is 2.86. The average molecular weight is 529 g/mol. The molecule has 2 aromatic rings. The molecule has 0 saturated carbocycles. The second-order valence-electron chi connectivity index (χ2n) is 7.16. The molecule has 0 fully saturated rings. The number of oxime groups is 1. The molecule has 0 aliphatic rings. The summed E-state index contributed by atoms with van der Waals surface area (Å²) in [5.41, 5.74) is 13.3. The first-order valence-corrected chi connectivity index (χ1v) is 12.9. The molecule has 36 heavy (non-hydrogen) atoms. The summed E-state index contributed by atoms with van der Waals surface area (Å²) >= 11 is 0.